The van der Waals surface area contributed by atoms with Gasteiger partial charge in [-0.15, -0.1) is 0 Å². The van der Waals surface area contributed by atoms with Gasteiger partial charge in [-0.05, 0) is 25.1 Å². The van der Waals surface area contributed by atoms with Crippen molar-refractivity contribution in [1.29, 1.82) is 0 Å². The summed E-state index contributed by atoms with van der Waals surface area (Å²) >= 11 is 0. The minimum absolute atomic E-state index is 0.211. The van der Waals surface area contributed by atoms with Gasteiger partial charge in [0.2, 0.25) is 0 Å². The predicted molar refractivity (Wildman–Crippen MR) is 51.6 cm³/mol. The lowest BCUT2D eigenvalue weighted by Crippen LogP contribution is -2.12. The van der Waals surface area contributed by atoms with E-state index in [1.54, 1.807) is 6.07 Å². The fraction of sp³-hybridized carbons (Fsp3) is 0.100. The molecule has 0 aliphatic rings. The van der Waals surface area contributed by atoms with Gasteiger partial charge in [0.05, 0.1) is 11.0 Å². The summed E-state index contributed by atoms with van der Waals surface area (Å²) in [5.41, 5.74) is 7.47. The summed E-state index contributed by atoms with van der Waals surface area (Å²) in [6.45, 7) is 1.88. The van der Waals surface area contributed by atoms with Gasteiger partial charge in [-0.2, -0.15) is 0 Å². The molecule has 69 valence electrons. The Hall–Kier alpha value is -1.97. The third-order valence-electron chi connectivity index (χ3n) is 1.85. The molecule has 2 rings (SSSR count). The second-order valence-electron chi connectivity index (χ2n) is 2.97. The van der Waals surface area contributed by atoms with Crippen molar-refractivity contribution in [3.8, 4) is 0 Å². The van der Waals surface area contributed by atoms with E-state index in [4.69, 9.17) is 5.73 Å². The highest BCUT2D eigenvalue weighted by atomic mass is 16.1. The summed E-state index contributed by atoms with van der Waals surface area (Å²) in [4.78, 5) is 19.1. The van der Waals surface area contributed by atoms with Gasteiger partial charge in [-0.3, -0.25) is 9.78 Å². The summed E-state index contributed by atoms with van der Waals surface area (Å²) in [5.74, 6) is -0.552. The van der Waals surface area contributed by atoms with Gasteiger partial charge in [0.1, 0.15) is 5.69 Å². The molecule has 4 nitrogen and oxygen atoms in total. The minimum atomic E-state index is -0.552. The Bertz CT molecular complexity index is 508. The molecule has 0 atom stereocenters. The van der Waals surface area contributed by atoms with Gasteiger partial charge in [-0.1, -0.05) is 0 Å². The Morgan fingerprint density at radius 1 is 1.43 bits per heavy atom. The third kappa shape index (κ3) is 1.42. The van der Waals surface area contributed by atoms with E-state index < -0.39 is 5.91 Å². The Balaban J connectivity index is 2.67. The molecule has 1 radical (unpaired) electrons. The third-order valence-corrected chi connectivity index (χ3v) is 1.85. The molecule has 0 saturated carbocycles. The molecule has 0 unspecified atom stereocenters. The largest absolute Gasteiger partial charge is 0.364 e. The quantitative estimate of drug-likeness (QED) is 0.717. The van der Waals surface area contributed by atoms with Crippen molar-refractivity contribution < 1.29 is 4.79 Å². The first-order chi connectivity index (χ1) is 6.66. The lowest BCUT2D eigenvalue weighted by molar-refractivity contribution is 0.0996. The SMILES string of the molecule is Cc1ccc2nc(C(N)=O)c[c]c2n1. The van der Waals surface area contributed by atoms with Gasteiger partial charge >= 0.3 is 0 Å². The molecular formula is C10H8N3O. The lowest BCUT2D eigenvalue weighted by Gasteiger charge is -1.99. The zero-order valence-electron chi connectivity index (χ0n) is 7.61. The van der Waals surface area contributed by atoms with Crippen molar-refractivity contribution >= 4 is 16.9 Å². The monoisotopic (exact) mass is 186 g/mol. The van der Waals surface area contributed by atoms with Crippen molar-refractivity contribution in [3.63, 3.8) is 0 Å². The van der Waals surface area contributed by atoms with Gasteiger partial charge in [-0.25, -0.2) is 4.98 Å². The number of rotatable bonds is 1. The molecule has 2 aromatic heterocycles. The van der Waals surface area contributed by atoms with E-state index in [2.05, 4.69) is 16.0 Å². The Labute approximate surface area is 80.8 Å². The summed E-state index contributed by atoms with van der Waals surface area (Å²) in [6, 6.07) is 7.94. The molecular weight excluding hydrogens is 178 g/mol. The molecule has 14 heavy (non-hydrogen) atoms. The van der Waals surface area contributed by atoms with E-state index in [-0.39, 0.29) is 5.69 Å². The fourth-order valence-electron chi connectivity index (χ4n) is 1.17. The number of primary amides is 1. The number of aryl methyl sites for hydroxylation is 1. The highest BCUT2D eigenvalue weighted by Gasteiger charge is 2.04. The number of nitrogens with two attached hydrogens (primary N) is 1. The average molecular weight is 186 g/mol. The van der Waals surface area contributed by atoms with Crippen LogP contribution < -0.4 is 5.73 Å². The number of pyridine rings is 2. The van der Waals surface area contributed by atoms with Gasteiger partial charge in [0, 0.05) is 11.8 Å². The van der Waals surface area contributed by atoms with E-state index in [1.165, 1.54) is 6.07 Å². The average Bonchev–Trinajstić information content (AvgIpc) is 2.16. The maximum atomic E-state index is 10.8. The molecule has 0 saturated heterocycles. The van der Waals surface area contributed by atoms with Crippen LogP contribution in [0.2, 0.25) is 0 Å². The van der Waals surface area contributed by atoms with Crippen LogP contribution in [0.15, 0.2) is 18.2 Å². The van der Waals surface area contributed by atoms with Crippen molar-refractivity contribution in [2.24, 2.45) is 5.73 Å². The highest BCUT2D eigenvalue weighted by Crippen LogP contribution is 2.09. The molecule has 2 heterocycles. The van der Waals surface area contributed by atoms with Crippen LogP contribution in [0.5, 0.6) is 0 Å². The number of amides is 1. The molecule has 0 aliphatic heterocycles. The molecule has 0 bridgehead atoms. The second kappa shape index (κ2) is 3.06. The highest BCUT2D eigenvalue weighted by molar-refractivity contribution is 5.92. The second-order valence-corrected chi connectivity index (χ2v) is 2.97. The number of fused-ring (bicyclic) bond motifs is 1. The summed E-state index contributed by atoms with van der Waals surface area (Å²) in [5, 5.41) is 0. The number of hydrogen-bond acceptors (Lipinski definition) is 3. The standard InChI is InChI=1S/C10H8N3O/c1-6-2-3-8-7(12-6)4-5-9(13-8)10(11)14/h2-3,5H,1H3,(H2,11,14). The number of nitrogens with zero attached hydrogens (tertiary/aromatic N) is 2. The minimum Gasteiger partial charge on any atom is -0.364 e. The summed E-state index contributed by atoms with van der Waals surface area (Å²) in [7, 11) is 0. The van der Waals surface area contributed by atoms with Crippen LogP contribution in [0.4, 0.5) is 0 Å². The van der Waals surface area contributed by atoms with Crippen LogP contribution in [0.1, 0.15) is 16.2 Å². The van der Waals surface area contributed by atoms with Crippen LogP contribution in [0, 0.1) is 13.0 Å². The van der Waals surface area contributed by atoms with E-state index >= 15 is 0 Å². The van der Waals surface area contributed by atoms with Crippen LogP contribution in [-0.2, 0) is 0 Å². The van der Waals surface area contributed by atoms with E-state index in [1.807, 2.05) is 13.0 Å². The maximum absolute atomic E-state index is 10.8. The molecule has 0 spiro atoms. The maximum Gasteiger partial charge on any atom is 0.267 e. The molecule has 1 amide bonds. The fourth-order valence-corrected chi connectivity index (χ4v) is 1.17. The first-order valence-electron chi connectivity index (χ1n) is 4.13. The first kappa shape index (κ1) is 8.62. The smallest absolute Gasteiger partial charge is 0.267 e. The first-order valence-corrected chi connectivity index (χ1v) is 4.13. The normalized spacial score (nSPS) is 10.4. The number of hydrogen-bond donors (Lipinski definition) is 1. The van der Waals surface area contributed by atoms with E-state index in [9.17, 15) is 4.79 Å². The lowest BCUT2D eigenvalue weighted by atomic mass is 10.2. The molecule has 0 aliphatic carbocycles. The van der Waals surface area contributed by atoms with E-state index in [0.29, 0.717) is 11.0 Å². The molecule has 2 aromatic rings. The van der Waals surface area contributed by atoms with E-state index in [0.717, 1.165) is 5.69 Å². The predicted octanol–water partition coefficient (Wildman–Crippen LogP) is 0.837. The van der Waals surface area contributed by atoms with Crippen LogP contribution in [0.3, 0.4) is 0 Å². The van der Waals surface area contributed by atoms with Crippen molar-refractivity contribution in [1.82, 2.24) is 9.97 Å². The zero-order chi connectivity index (χ0) is 10.1. The Kier molecular flexibility index (Phi) is 1.89. The topological polar surface area (TPSA) is 68.9 Å². The number of carbonyl (C=O) groups is 1. The van der Waals surface area contributed by atoms with Crippen LogP contribution >= 0.6 is 0 Å². The van der Waals surface area contributed by atoms with Crippen molar-refractivity contribution in [2.75, 3.05) is 0 Å². The van der Waals surface area contributed by atoms with Gasteiger partial charge in [0.25, 0.3) is 5.91 Å². The molecule has 4 heteroatoms. The number of carbonyl (C=O) groups excluding carboxylic acids is 1. The van der Waals surface area contributed by atoms with Crippen molar-refractivity contribution in [2.45, 2.75) is 6.92 Å². The van der Waals surface area contributed by atoms with Crippen LogP contribution in [-0.4, -0.2) is 15.9 Å². The summed E-state index contributed by atoms with van der Waals surface area (Å²) in [6.07, 6.45) is 0. The van der Waals surface area contributed by atoms with Gasteiger partial charge in [0.15, 0.2) is 0 Å². The zero-order valence-corrected chi connectivity index (χ0v) is 7.61. The van der Waals surface area contributed by atoms with Crippen LogP contribution in [0.25, 0.3) is 11.0 Å². The molecule has 0 aromatic carbocycles. The Morgan fingerprint density at radius 3 is 2.93 bits per heavy atom. The Morgan fingerprint density at radius 2 is 2.21 bits per heavy atom. The van der Waals surface area contributed by atoms with Gasteiger partial charge < -0.3 is 5.73 Å². The van der Waals surface area contributed by atoms with Crippen molar-refractivity contribution in [3.05, 3.63) is 35.7 Å². The summed E-state index contributed by atoms with van der Waals surface area (Å²) < 4.78 is 0. The number of aromatic nitrogens is 2. The molecule has 2 N–H and O–H groups in total. The molecule has 0 fully saturated rings.